The zero-order valence-electron chi connectivity index (χ0n) is 9.88. The lowest BCUT2D eigenvalue weighted by Crippen LogP contribution is -2.38. The second-order valence-electron chi connectivity index (χ2n) is 4.65. The molecule has 1 saturated carbocycles. The van der Waals surface area contributed by atoms with Gasteiger partial charge in [-0.3, -0.25) is 0 Å². The van der Waals surface area contributed by atoms with Crippen molar-refractivity contribution in [2.45, 2.75) is 58.6 Å². The highest BCUT2D eigenvalue weighted by Gasteiger charge is 2.18. The average Bonchev–Trinajstić information content (AvgIpc) is 2.64. The Kier molecular flexibility index (Phi) is 5.49. The van der Waals surface area contributed by atoms with Gasteiger partial charge >= 0.3 is 0 Å². The van der Waals surface area contributed by atoms with Gasteiger partial charge in [0.25, 0.3) is 0 Å². The Bertz CT molecular complexity index is 141. The fourth-order valence-electron chi connectivity index (χ4n) is 2.04. The van der Waals surface area contributed by atoms with Crippen LogP contribution < -0.4 is 5.32 Å². The summed E-state index contributed by atoms with van der Waals surface area (Å²) in [6, 6.07) is 0.528. The highest BCUT2D eigenvalue weighted by atomic mass is 16.5. The number of hydrogen-bond acceptors (Lipinski definition) is 2. The van der Waals surface area contributed by atoms with Crippen LogP contribution in [0.1, 0.15) is 46.5 Å². The number of likely N-dealkylation sites (N-methyl/N-ethyl adjacent to an activating group) is 1. The Labute approximate surface area is 88.4 Å². The maximum absolute atomic E-state index is 5.92. The van der Waals surface area contributed by atoms with Crippen LogP contribution in [0.25, 0.3) is 0 Å². The molecule has 0 radical (unpaired) electrons. The Morgan fingerprint density at radius 2 is 1.93 bits per heavy atom. The molecular weight excluding hydrogens is 174 g/mol. The lowest BCUT2D eigenvalue weighted by atomic mass is 10.1. The molecule has 0 amide bonds. The van der Waals surface area contributed by atoms with Gasteiger partial charge in [-0.25, -0.2) is 0 Å². The van der Waals surface area contributed by atoms with E-state index in [2.05, 4.69) is 26.1 Å². The molecule has 0 aromatic carbocycles. The van der Waals surface area contributed by atoms with Crippen LogP contribution in [-0.2, 0) is 4.74 Å². The van der Waals surface area contributed by atoms with Crippen LogP contribution >= 0.6 is 0 Å². The summed E-state index contributed by atoms with van der Waals surface area (Å²) in [4.78, 5) is 0. The molecule has 1 aliphatic rings. The van der Waals surface area contributed by atoms with E-state index in [4.69, 9.17) is 4.74 Å². The first-order valence-electron chi connectivity index (χ1n) is 6.09. The van der Waals surface area contributed by atoms with Crippen LogP contribution in [0.5, 0.6) is 0 Å². The van der Waals surface area contributed by atoms with Gasteiger partial charge in [-0.05, 0) is 25.3 Å². The number of nitrogens with one attached hydrogen (secondary N) is 1. The lowest BCUT2D eigenvalue weighted by Gasteiger charge is -2.23. The summed E-state index contributed by atoms with van der Waals surface area (Å²) in [5, 5.41) is 3.48. The molecule has 0 aromatic heterocycles. The van der Waals surface area contributed by atoms with E-state index in [1.165, 1.54) is 25.7 Å². The first-order chi connectivity index (χ1) is 6.74. The Morgan fingerprint density at radius 1 is 1.29 bits per heavy atom. The second-order valence-corrected chi connectivity index (χ2v) is 4.65. The van der Waals surface area contributed by atoms with Crippen LogP contribution in [0, 0.1) is 5.92 Å². The third-order valence-corrected chi connectivity index (χ3v) is 3.08. The van der Waals surface area contributed by atoms with Gasteiger partial charge in [-0.1, -0.05) is 33.6 Å². The Morgan fingerprint density at radius 3 is 2.43 bits per heavy atom. The normalized spacial score (nSPS) is 20.6. The van der Waals surface area contributed by atoms with Gasteiger partial charge in [0.05, 0.1) is 12.7 Å². The van der Waals surface area contributed by atoms with E-state index in [0.717, 1.165) is 13.2 Å². The van der Waals surface area contributed by atoms with E-state index in [9.17, 15) is 0 Å². The molecule has 0 aromatic rings. The zero-order chi connectivity index (χ0) is 10.4. The molecule has 1 unspecified atom stereocenters. The van der Waals surface area contributed by atoms with Crippen molar-refractivity contribution in [2.24, 2.45) is 5.92 Å². The van der Waals surface area contributed by atoms with Gasteiger partial charge in [0, 0.05) is 6.04 Å². The standard InChI is InChI=1S/C12H25NO/c1-4-13-12(10(2)3)9-14-11-7-5-6-8-11/h10-13H,4-9H2,1-3H3. The molecular formula is C12H25NO. The van der Waals surface area contributed by atoms with Crippen molar-refractivity contribution in [1.29, 1.82) is 0 Å². The maximum atomic E-state index is 5.92. The van der Waals surface area contributed by atoms with Crippen LogP contribution in [0.15, 0.2) is 0 Å². The highest BCUT2D eigenvalue weighted by Crippen LogP contribution is 2.21. The number of rotatable bonds is 6. The summed E-state index contributed by atoms with van der Waals surface area (Å²) in [6.07, 6.45) is 5.82. The Hall–Kier alpha value is -0.0800. The summed E-state index contributed by atoms with van der Waals surface area (Å²) < 4.78 is 5.92. The summed E-state index contributed by atoms with van der Waals surface area (Å²) in [6.45, 7) is 8.59. The van der Waals surface area contributed by atoms with Gasteiger partial charge in [-0.2, -0.15) is 0 Å². The van der Waals surface area contributed by atoms with E-state index < -0.39 is 0 Å². The third-order valence-electron chi connectivity index (χ3n) is 3.08. The van der Waals surface area contributed by atoms with Crippen molar-refractivity contribution in [2.75, 3.05) is 13.2 Å². The number of hydrogen-bond donors (Lipinski definition) is 1. The summed E-state index contributed by atoms with van der Waals surface area (Å²) >= 11 is 0. The van der Waals surface area contributed by atoms with Crippen molar-refractivity contribution in [1.82, 2.24) is 5.32 Å². The molecule has 0 spiro atoms. The molecule has 2 nitrogen and oxygen atoms in total. The topological polar surface area (TPSA) is 21.3 Å². The molecule has 0 bridgehead atoms. The third kappa shape index (κ3) is 3.97. The van der Waals surface area contributed by atoms with Crippen molar-refractivity contribution < 1.29 is 4.74 Å². The van der Waals surface area contributed by atoms with Crippen LogP contribution in [0.3, 0.4) is 0 Å². The lowest BCUT2D eigenvalue weighted by molar-refractivity contribution is 0.0349. The molecule has 2 heteroatoms. The summed E-state index contributed by atoms with van der Waals surface area (Å²) in [5.74, 6) is 0.663. The SMILES string of the molecule is CCNC(COC1CCCC1)C(C)C. The molecule has 1 atom stereocenters. The largest absolute Gasteiger partial charge is 0.377 e. The quantitative estimate of drug-likeness (QED) is 0.710. The first-order valence-corrected chi connectivity index (χ1v) is 6.09. The molecule has 84 valence electrons. The second kappa shape index (κ2) is 6.41. The fraction of sp³-hybridized carbons (Fsp3) is 1.00. The average molecular weight is 199 g/mol. The monoisotopic (exact) mass is 199 g/mol. The molecule has 1 aliphatic carbocycles. The molecule has 1 fully saturated rings. The fourth-order valence-corrected chi connectivity index (χ4v) is 2.04. The Balaban J connectivity index is 2.17. The van der Waals surface area contributed by atoms with Crippen LogP contribution in [-0.4, -0.2) is 25.3 Å². The minimum atomic E-state index is 0.528. The molecule has 1 N–H and O–H groups in total. The summed E-state index contributed by atoms with van der Waals surface area (Å²) in [5.41, 5.74) is 0. The maximum Gasteiger partial charge on any atom is 0.0625 e. The van der Waals surface area contributed by atoms with E-state index in [1.54, 1.807) is 0 Å². The van der Waals surface area contributed by atoms with Crippen molar-refractivity contribution >= 4 is 0 Å². The van der Waals surface area contributed by atoms with Gasteiger partial charge in [0.1, 0.15) is 0 Å². The van der Waals surface area contributed by atoms with Gasteiger partial charge in [0.15, 0.2) is 0 Å². The van der Waals surface area contributed by atoms with Crippen LogP contribution in [0.4, 0.5) is 0 Å². The molecule has 0 aliphatic heterocycles. The molecule has 1 rings (SSSR count). The van der Waals surface area contributed by atoms with Gasteiger partial charge in [0.2, 0.25) is 0 Å². The van der Waals surface area contributed by atoms with Crippen LogP contribution in [0.2, 0.25) is 0 Å². The highest BCUT2D eigenvalue weighted by molar-refractivity contribution is 4.72. The van der Waals surface area contributed by atoms with E-state index >= 15 is 0 Å². The van der Waals surface area contributed by atoms with Crippen molar-refractivity contribution in [3.8, 4) is 0 Å². The predicted octanol–water partition coefficient (Wildman–Crippen LogP) is 2.58. The minimum Gasteiger partial charge on any atom is -0.377 e. The smallest absolute Gasteiger partial charge is 0.0625 e. The van der Waals surface area contributed by atoms with Crippen molar-refractivity contribution in [3.63, 3.8) is 0 Å². The number of ether oxygens (including phenoxy) is 1. The minimum absolute atomic E-state index is 0.528. The predicted molar refractivity (Wildman–Crippen MR) is 60.5 cm³/mol. The first kappa shape index (κ1) is 12.0. The van der Waals surface area contributed by atoms with Gasteiger partial charge < -0.3 is 10.1 Å². The molecule has 0 saturated heterocycles. The molecule has 0 heterocycles. The van der Waals surface area contributed by atoms with E-state index in [0.29, 0.717) is 18.1 Å². The molecule has 14 heavy (non-hydrogen) atoms. The van der Waals surface area contributed by atoms with E-state index in [-0.39, 0.29) is 0 Å². The van der Waals surface area contributed by atoms with Gasteiger partial charge in [-0.15, -0.1) is 0 Å². The zero-order valence-corrected chi connectivity index (χ0v) is 9.88. The van der Waals surface area contributed by atoms with Crippen molar-refractivity contribution in [3.05, 3.63) is 0 Å². The van der Waals surface area contributed by atoms with E-state index in [1.807, 2.05) is 0 Å². The summed E-state index contributed by atoms with van der Waals surface area (Å²) in [7, 11) is 0.